The van der Waals surface area contributed by atoms with Crippen LogP contribution < -0.4 is 5.32 Å². The highest BCUT2D eigenvalue weighted by molar-refractivity contribution is 7.10. The lowest BCUT2D eigenvalue weighted by molar-refractivity contribution is 0.373. The van der Waals surface area contributed by atoms with E-state index < -0.39 is 0 Å². The molecule has 19 heavy (non-hydrogen) atoms. The van der Waals surface area contributed by atoms with E-state index in [1.807, 2.05) is 11.3 Å². The normalized spacial score (nSPS) is 14.5. The Kier molecular flexibility index (Phi) is 5.17. The number of benzene rings is 1. The van der Waals surface area contributed by atoms with Crippen molar-refractivity contribution in [3.05, 3.63) is 58.3 Å². The molecule has 0 amide bonds. The van der Waals surface area contributed by atoms with Crippen molar-refractivity contribution < 1.29 is 0 Å². The van der Waals surface area contributed by atoms with E-state index in [4.69, 9.17) is 0 Å². The molecule has 2 heteroatoms. The fourth-order valence-electron chi connectivity index (χ4n) is 2.40. The molecule has 1 nitrogen and oxygen atoms in total. The van der Waals surface area contributed by atoms with Gasteiger partial charge in [0.25, 0.3) is 0 Å². The predicted molar refractivity (Wildman–Crippen MR) is 84.6 cm³/mol. The van der Waals surface area contributed by atoms with Crippen LogP contribution in [-0.2, 0) is 6.42 Å². The first-order valence-corrected chi connectivity index (χ1v) is 7.88. The number of nitrogens with one attached hydrogen (secondary N) is 1. The van der Waals surface area contributed by atoms with Crippen molar-refractivity contribution in [1.82, 2.24) is 5.32 Å². The Morgan fingerprint density at radius 2 is 1.74 bits per heavy atom. The largest absolute Gasteiger partial charge is 0.306 e. The van der Waals surface area contributed by atoms with Gasteiger partial charge >= 0.3 is 0 Å². The summed E-state index contributed by atoms with van der Waals surface area (Å²) in [5, 5.41) is 5.94. The first kappa shape index (κ1) is 14.3. The second-order valence-corrected chi connectivity index (χ2v) is 6.47. The average molecular weight is 273 g/mol. The van der Waals surface area contributed by atoms with Crippen LogP contribution in [0.1, 0.15) is 37.3 Å². The third-order valence-corrected chi connectivity index (χ3v) is 4.32. The van der Waals surface area contributed by atoms with Gasteiger partial charge in [0.05, 0.1) is 0 Å². The third kappa shape index (κ3) is 4.19. The molecule has 0 saturated heterocycles. The van der Waals surface area contributed by atoms with Gasteiger partial charge in [-0.1, -0.05) is 50.2 Å². The molecule has 0 fully saturated rings. The first-order chi connectivity index (χ1) is 9.16. The molecule has 2 rings (SSSR count). The molecule has 0 aliphatic carbocycles. The average Bonchev–Trinajstić information content (AvgIpc) is 2.90. The molecule has 2 atom stereocenters. The van der Waals surface area contributed by atoms with Crippen LogP contribution in [0.25, 0.3) is 0 Å². The van der Waals surface area contributed by atoms with Crippen molar-refractivity contribution in [3.8, 4) is 0 Å². The molecule has 0 saturated carbocycles. The Balaban J connectivity index is 1.98. The zero-order valence-corrected chi connectivity index (χ0v) is 12.8. The van der Waals surface area contributed by atoms with Crippen molar-refractivity contribution >= 4 is 11.3 Å². The van der Waals surface area contributed by atoms with Gasteiger partial charge < -0.3 is 5.32 Å². The summed E-state index contributed by atoms with van der Waals surface area (Å²) in [6.07, 6.45) is 1.08. The molecule has 0 aliphatic heterocycles. The molecule has 0 bridgehead atoms. The Bertz CT molecular complexity index is 461. The zero-order chi connectivity index (χ0) is 13.7. The van der Waals surface area contributed by atoms with Gasteiger partial charge in [0.2, 0.25) is 0 Å². The molecule has 2 unspecified atom stereocenters. The molecule has 1 aromatic heterocycles. The second kappa shape index (κ2) is 6.88. The molecule has 1 aromatic carbocycles. The van der Waals surface area contributed by atoms with Gasteiger partial charge in [0.15, 0.2) is 0 Å². The summed E-state index contributed by atoms with van der Waals surface area (Å²) in [6.45, 7) is 6.84. The number of hydrogen-bond donors (Lipinski definition) is 1. The minimum atomic E-state index is 0.457. The third-order valence-electron chi connectivity index (χ3n) is 3.37. The van der Waals surface area contributed by atoms with E-state index in [9.17, 15) is 0 Å². The Morgan fingerprint density at radius 3 is 2.32 bits per heavy atom. The smallest absolute Gasteiger partial charge is 0.0440 e. The van der Waals surface area contributed by atoms with Crippen molar-refractivity contribution in [2.24, 2.45) is 5.92 Å². The standard InChI is InChI=1S/C17H23NS/c1-13(2)17(16-10-7-11-19-16)18-14(3)12-15-8-5-4-6-9-15/h4-11,13-14,17-18H,12H2,1-3H3. The summed E-state index contributed by atoms with van der Waals surface area (Å²) in [5.41, 5.74) is 1.40. The molecular formula is C17H23NS. The van der Waals surface area contributed by atoms with E-state index in [1.54, 1.807) is 0 Å². The van der Waals surface area contributed by atoms with Crippen molar-refractivity contribution in [3.63, 3.8) is 0 Å². The van der Waals surface area contributed by atoms with Gasteiger partial charge in [-0.15, -0.1) is 11.3 Å². The lowest BCUT2D eigenvalue weighted by Gasteiger charge is -2.25. The monoisotopic (exact) mass is 273 g/mol. The summed E-state index contributed by atoms with van der Waals surface area (Å²) in [4.78, 5) is 1.44. The van der Waals surface area contributed by atoms with Crippen LogP contribution in [0.2, 0.25) is 0 Å². The van der Waals surface area contributed by atoms with Crippen LogP contribution in [0.4, 0.5) is 0 Å². The maximum absolute atomic E-state index is 3.78. The Labute approximate surface area is 120 Å². The van der Waals surface area contributed by atoms with Gasteiger partial charge in [-0.05, 0) is 36.3 Å². The minimum Gasteiger partial charge on any atom is -0.306 e. The molecular weight excluding hydrogens is 250 g/mol. The van der Waals surface area contributed by atoms with E-state index in [-0.39, 0.29) is 0 Å². The molecule has 102 valence electrons. The Morgan fingerprint density at radius 1 is 1.00 bits per heavy atom. The second-order valence-electron chi connectivity index (χ2n) is 5.49. The molecule has 2 aromatic rings. The van der Waals surface area contributed by atoms with Crippen LogP contribution in [0.3, 0.4) is 0 Å². The SMILES string of the molecule is CC(Cc1ccccc1)NC(c1cccs1)C(C)C. The van der Waals surface area contributed by atoms with Crippen LogP contribution in [-0.4, -0.2) is 6.04 Å². The van der Waals surface area contributed by atoms with Gasteiger partial charge in [0.1, 0.15) is 0 Å². The summed E-state index contributed by atoms with van der Waals surface area (Å²) in [5.74, 6) is 0.608. The van der Waals surface area contributed by atoms with E-state index in [0.29, 0.717) is 18.0 Å². The topological polar surface area (TPSA) is 12.0 Å². The van der Waals surface area contributed by atoms with Gasteiger partial charge in [0, 0.05) is 17.0 Å². The van der Waals surface area contributed by atoms with E-state index in [1.165, 1.54) is 10.4 Å². The molecule has 1 heterocycles. The number of hydrogen-bond acceptors (Lipinski definition) is 2. The van der Waals surface area contributed by atoms with Crippen molar-refractivity contribution in [2.45, 2.75) is 39.3 Å². The summed E-state index contributed by atoms with van der Waals surface area (Å²) in [7, 11) is 0. The van der Waals surface area contributed by atoms with E-state index in [0.717, 1.165) is 6.42 Å². The maximum Gasteiger partial charge on any atom is 0.0440 e. The lowest BCUT2D eigenvalue weighted by Crippen LogP contribution is -2.34. The fraction of sp³-hybridized carbons (Fsp3) is 0.412. The number of thiophene rings is 1. The fourth-order valence-corrected chi connectivity index (χ4v) is 3.36. The van der Waals surface area contributed by atoms with Crippen LogP contribution in [0, 0.1) is 5.92 Å². The van der Waals surface area contributed by atoms with E-state index in [2.05, 4.69) is 73.9 Å². The van der Waals surface area contributed by atoms with Crippen molar-refractivity contribution in [1.29, 1.82) is 0 Å². The lowest BCUT2D eigenvalue weighted by atomic mass is 10.00. The minimum absolute atomic E-state index is 0.457. The van der Waals surface area contributed by atoms with Gasteiger partial charge in [-0.3, -0.25) is 0 Å². The molecule has 0 radical (unpaired) electrons. The van der Waals surface area contributed by atoms with Crippen LogP contribution >= 0.6 is 11.3 Å². The van der Waals surface area contributed by atoms with Crippen molar-refractivity contribution in [2.75, 3.05) is 0 Å². The van der Waals surface area contributed by atoms with E-state index >= 15 is 0 Å². The first-order valence-electron chi connectivity index (χ1n) is 7.00. The molecule has 1 N–H and O–H groups in total. The molecule has 0 aliphatic rings. The Hall–Kier alpha value is -1.12. The van der Waals surface area contributed by atoms with Crippen LogP contribution in [0.15, 0.2) is 47.8 Å². The highest BCUT2D eigenvalue weighted by Crippen LogP contribution is 2.26. The predicted octanol–water partition coefficient (Wildman–Crippen LogP) is 4.67. The zero-order valence-electron chi connectivity index (χ0n) is 12.0. The highest BCUT2D eigenvalue weighted by Gasteiger charge is 2.18. The van der Waals surface area contributed by atoms with Gasteiger partial charge in [-0.25, -0.2) is 0 Å². The quantitative estimate of drug-likeness (QED) is 0.806. The summed E-state index contributed by atoms with van der Waals surface area (Å²) in [6, 6.07) is 16.0. The maximum atomic E-state index is 3.78. The molecule has 0 spiro atoms. The highest BCUT2D eigenvalue weighted by atomic mass is 32.1. The van der Waals surface area contributed by atoms with Crippen LogP contribution in [0.5, 0.6) is 0 Å². The number of rotatable bonds is 6. The summed E-state index contributed by atoms with van der Waals surface area (Å²) >= 11 is 1.85. The summed E-state index contributed by atoms with van der Waals surface area (Å²) < 4.78 is 0. The van der Waals surface area contributed by atoms with Gasteiger partial charge in [-0.2, -0.15) is 0 Å².